The van der Waals surface area contributed by atoms with Crippen LogP contribution in [0, 0.1) is 0 Å². The van der Waals surface area contributed by atoms with Crippen LogP contribution in [0.4, 0.5) is 0 Å². The molecular weight excluding hydrogens is 260 g/mol. The maximum absolute atomic E-state index is 5.70. The van der Waals surface area contributed by atoms with Crippen LogP contribution in [0.1, 0.15) is 51.6 Å². The SMILES string of the molecule is CCCCCN(C)CC(NC)c1ccc(OC(C)C)cc1. The summed E-state index contributed by atoms with van der Waals surface area (Å²) in [5.41, 5.74) is 1.32. The van der Waals surface area contributed by atoms with Crippen LogP contribution >= 0.6 is 0 Å². The van der Waals surface area contributed by atoms with Gasteiger partial charge in [-0.1, -0.05) is 31.9 Å². The summed E-state index contributed by atoms with van der Waals surface area (Å²) in [7, 11) is 4.24. The molecule has 0 aliphatic heterocycles. The summed E-state index contributed by atoms with van der Waals surface area (Å²) in [5, 5.41) is 3.42. The first kappa shape index (κ1) is 18.0. The average molecular weight is 292 g/mol. The second-order valence-corrected chi connectivity index (χ2v) is 6.05. The van der Waals surface area contributed by atoms with Crippen molar-refractivity contribution in [1.29, 1.82) is 0 Å². The first-order valence-electron chi connectivity index (χ1n) is 8.19. The molecule has 0 aliphatic carbocycles. The van der Waals surface area contributed by atoms with Crippen LogP contribution in [0.5, 0.6) is 5.75 Å². The van der Waals surface area contributed by atoms with E-state index in [0.29, 0.717) is 6.04 Å². The first-order chi connectivity index (χ1) is 10.1. The third-order valence-electron chi connectivity index (χ3n) is 3.64. The monoisotopic (exact) mass is 292 g/mol. The summed E-state index contributed by atoms with van der Waals surface area (Å²) in [5.74, 6) is 0.944. The fraction of sp³-hybridized carbons (Fsp3) is 0.667. The lowest BCUT2D eigenvalue weighted by atomic mass is 10.1. The van der Waals surface area contributed by atoms with Crippen molar-refractivity contribution in [1.82, 2.24) is 10.2 Å². The van der Waals surface area contributed by atoms with Gasteiger partial charge in [-0.25, -0.2) is 0 Å². The lowest BCUT2D eigenvalue weighted by Gasteiger charge is -2.24. The fourth-order valence-electron chi connectivity index (χ4n) is 2.45. The van der Waals surface area contributed by atoms with Crippen LogP contribution in [0.15, 0.2) is 24.3 Å². The third-order valence-corrected chi connectivity index (χ3v) is 3.64. The number of hydrogen-bond acceptors (Lipinski definition) is 3. The molecule has 0 amide bonds. The number of unbranched alkanes of at least 4 members (excludes halogenated alkanes) is 2. The van der Waals surface area contributed by atoms with Gasteiger partial charge in [-0.15, -0.1) is 0 Å². The van der Waals surface area contributed by atoms with Gasteiger partial charge in [0, 0.05) is 12.6 Å². The smallest absolute Gasteiger partial charge is 0.119 e. The molecule has 3 heteroatoms. The number of nitrogens with one attached hydrogen (secondary N) is 1. The maximum atomic E-state index is 5.70. The van der Waals surface area contributed by atoms with Crippen LogP contribution in [0.2, 0.25) is 0 Å². The average Bonchev–Trinajstić information content (AvgIpc) is 2.45. The molecule has 1 N–H and O–H groups in total. The zero-order valence-corrected chi connectivity index (χ0v) is 14.4. The summed E-state index contributed by atoms with van der Waals surface area (Å²) in [6.07, 6.45) is 4.10. The Hall–Kier alpha value is -1.06. The molecule has 1 atom stereocenters. The molecular formula is C18H32N2O. The van der Waals surface area contributed by atoms with E-state index in [-0.39, 0.29) is 6.10 Å². The summed E-state index contributed by atoms with van der Waals surface area (Å²) < 4.78 is 5.70. The molecule has 0 heterocycles. The standard InChI is InChI=1S/C18H32N2O/c1-6-7-8-13-20(5)14-18(19-4)16-9-11-17(12-10-16)21-15(2)3/h9-12,15,18-19H,6-8,13-14H2,1-5H3. The van der Waals surface area contributed by atoms with Crippen LogP contribution in [0.3, 0.4) is 0 Å². The second kappa shape index (κ2) is 9.80. The molecule has 0 spiro atoms. The molecule has 0 aliphatic rings. The van der Waals surface area contributed by atoms with Crippen molar-refractivity contribution in [3.8, 4) is 5.75 Å². The Morgan fingerprint density at radius 1 is 1.14 bits per heavy atom. The quantitative estimate of drug-likeness (QED) is 0.663. The van der Waals surface area contributed by atoms with Gasteiger partial charge in [-0.05, 0) is 58.6 Å². The molecule has 0 aromatic heterocycles. The summed E-state index contributed by atoms with van der Waals surface area (Å²) in [6, 6.07) is 8.83. The van der Waals surface area contributed by atoms with Gasteiger partial charge in [-0.2, -0.15) is 0 Å². The van der Waals surface area contributed by atoms with Gasteiger partial charge in [0.05, 0.1) is 6.10 Å². The van der Waals surface area contributed by atoms with Crippen molar-refractivity contribution in [3.63, 3.8) is 0 Å². The Morgan fingerprint density at radius 2 is 1.81 bits per heavy atom. The van der Waals surface area contributed by atoms with Gasteiger partial charge in [0.2, 0.25) is 0 Å². The lowest BCUT2D eigenvalue weighted by molar-refractivity contribution is 0.242. The molecule has 0 saturated heterocycles. The van der Waals surface area contributed by atoms with Crippen LogP contribution in [0.25, 0.3) is 0 Å². The van der Waals surface area contributed by atoms with Gasteiger partial charge in [0.1, 0.15) is 5.75 Å². The number of nitrogens with zero attached hydrogens (tertiary/aromatic N) is 1. The molecule has 0 bridgehead atoms. The molecule has 3 nitrogen and oxygen atoms in total. The highest BCUT2D eigenvalue weighted by Crippen LogP contribution is 2.19. The van der Waals surface area contributed by atoms with E-state index >= 15 is 0 Å². The Balaban J connectivity index is 2.54. The van der Waals surface area contributed by atoms with Crippen molar-refractivity contribution >= 4 is 0 Å². The molecule has 1 unspecified atom stereocenters. The zero-order chi connectivity index (χ0) is 15.7. The Bertz CT molecular complexity index is 375. The fourth-order valence-corrected chi connectivity index (χ4v) is 2.45. The number of ether oxygens (including phenoxy) is 1. The van der Waals surface area contributed by atoms with Crippen molar-refractivity contribution in [2.24, 2.45) is 0 Å². The molecule has 1 aromatic carbocycles. The summed E-state index contributed by atoms with van der Waals surface area (Å²) >= 11 is 0. The summed E-state index contributed by atoms with van der Waals surface area (Å²) in [6.45, 7) is 8.55. The van der Waals surface area contributed by atoms with Crippen LogP contribution in [-0.4, -0.2) is 38.2 Å². The highest BCUT2D eigenvalue weighted by molar-refractivity contribution is 5.29. The number of rotatable bonds is 10. The topological polar surface area (TPSA) is 24.5 Å². The first-order valence-corrected chi connectivity index (χ1v) is 8.19. The minimum atomic E-state index is 0.223. The van der Waals surface area contributed by atoms with Crippen molar-refractivity contribution in [3.05, 3.63) is 29.8 Å². The lowest BCUT2D eigenvalue weighted by Crippen LogP contribution is -2.31. The van der Waals surface area contributed by atoms with E-state index in [1.165, 1.54) is 31.4 Å². The summed E-state index contributed by atoms with van der Waals surface area (Å²) in [4.78, 5) is 2.41. The molecule has 1 aromatic rings. The number of hydrogen-bond donors (Lipinski definition) is 1. The van der Waals surface area contributed by atoms with E-state index in [0.717, 1.165) is 12.3 Å². The Labute approximate surface area is 130 Å². The highest BCUT2D eigenvalue weighted by atomic mass is 16.5. The minimum Gasteiger partial charge on any atom is -0.491 e. The Kier molecular flexibility index (Phi) is 8.40. The van der Waals surface area contributed by atoms with Gasteiger partial charge in [-0.3, -0.25) is 0 Å². The van der Waals surface area contributed by atoms with Gasteiger partial charge in [0.25, 0.3) is 0 Å². The molecule has 0 fully saturated rings. The third kappa shape index (κ3) is 6.96. The van der Waals surface area contributed by atoms with E-state index in [4.69, 9.17) is 4.74 Å². The second-order valence-electron chi connectivity index (χ2n) is 6.05. The van der Waals surface area contributed by atoms with Crippen LogP contribution < -0.4 is 10.1 Å². The van der Waals surface area contributed by atoms with E-state index in [2.05, 4.69) is 62.3 Å². The largest absolute Gasteiger partial charge is 0.491 e. The van der Waals surface area contributed by atoms with E-state index in [9.17, 15) is 0 Å². The predicted molar refractivity (Wildman–Crippen MR) is 91.0 cm³/mol. The minimum absolute atomic E-state index is 0.223. The van der Waals surface area contributed by atoms with Crippen molar-refractivity contribution < 1.29 is 4.74 Å². The van der Waals surface area contributed by atoms with Crippen LogP contribution in [-0.2, 0) is 0 Å². The van der Waals surface area contributed by atoms with Gasteiger partial charge >= 0.3 is 0 Å². The molecule has 21 heavy (non-hydrogen) atoms. The van der Waals surface area contributed by atoms with Gasteiger partial charge in [0.15, 0.2) is 0 Å². The number of benzene rings is 1. The zero-order valence-electron chi connectivity index (χ0n) is 14.4. The maximum Gasteiger partial charge on any atom is 0.119 e. The van der Waals surface area contributed by atoms with Crippen molar-refractivity contribution in [2.45, 2.75) is 52.2 Å². The molecule has 1 rings (SSSR count). The van der Waals surface area contributed by atoms with E-state index in [1.54, 1.807) is 0 Å². The predicted octanol–water partition coefficient (Wildman–Crippen LogP) is 3.86. The highest BCUT2D eigenvalue weighted by Gasteiger charge is 2.12. The molecule has 0 saturated carbocycles. The Morgan fingerprint density at radius 3 is 2.33 bits per heavy atom. The molecule has 120 valence electrons. The number of likely N-dealkylation sites (N-methyl/N-ethyl adjacent to an activating group) is 2. The van der Waals surface area contributed by atoms with E-state index in [1.807, 2.05) is 7.05 Å². The normalized spacial score (nSPS) is 12.9. The molecule has 0 radical (unpaired) electrons. The van der Waals surface area contributed by atoms with Crippen molar-refractivity contribution in [2.75, 3.05) is 27.2 Å². The van der Waals surface area contributed by atoms with Gasteiger partial charge < -0.3 is 15.0 Å². The van der Waals surface area contributed by atoms with E-state index < -0.39 is 0 Å².